The molecule has 8 nitrogen and oxygen atoms in total. The maximum absolute atomic E-state index is 12.5. The normalized spacial score (nSPS) is 17.6. The number of anilines is 1. The summed E-state index contributed by atoms with van der Waals surface area (Å²) in [7, 11) is 0. The second-order valence-electron chi connectivity index (χ2n) is 8.66. The topological polar surface area (TPSA) is 97.0 Å². The summed E-state index contributed by atoms with van der Waals surface area (Å²) in [4.78, 5) is 32.9. The molecular weight excluding hydrogens is 404 g/mol. The van der Waals surface area contributed by atoms with E-state index in [0.717, 1.165) is 67.0 Å². The van der Waals surface area contributed by atoms with Gasteiger partial charge in [-0.25, -0.2) is 9.97 Å². The Morgan fingerprint density at radius 1 is 1.06 bits per heavy atom. The Balaban J connectivity index is 1.33. The lowest BCUT2D eigenvalue weighted by molar-refractivity contribution is -0.125. The summed E-state index contributed by atoms with van der Waals surface area (Å²) < 4.78 is 5.54. The summed E-state index contributed by atoms with van der Waals surface area (Å²) in [5.74, 6) is 1.94. The fraction of sp³-hybridized carbons (Fsp3) is 0.458. The molecule has 0 unspecified atom stereocenters. The number of rotatable bonds is 5. The molecule has 32 heavy (non-hydrogen) atoms. The van der Waals surface area contributed by atoms with Gasteiger partial charge in [0.15, 0.2) is 0 Å². The van der Waals surface area contributed by atoms with Gasteiger partial charge in [-0.3, -0.25) is 14.8 Å². The number of nitrogens with zero attached hydrogens (tertiary/aromatic N) is 5. The van der Waals surface area contributed by atoms with Gasteiger partial charge in [-0.2, -0.15) is 0 Å². The highest BCUT2D eigenvalue weighted by Crippen LogP contribution is 2.33. The fourth-order valence-corrected chi connectivity index (χ4v) is 4.72. The van der Waals surface area contributed by atoms with Gasteiger partial charge >= 0.3 is 0 Å². The van der Waals surface area contributed by atoms with Crippen LogP contribution >= 0.6 is 0 Å². The number of hydrogen-bond donors (Lipinski definition) is 1. The number of aryl methyl sites for hydroxylation is 1. The van der Waals surface area contributed by atoms with Crippen LogP contribution in [0, 0.1) is 12.8 Å². The summed E-state index contributed by atoms with van der Waals surface area (Å²) >= 11 is 0. The Kier molecular flexibility index (Phi) is 5.83. The van der Waals surface area contributed by atoms with Crippen LogP contribution in [0.4, 0.5) is 5.95 Å². The largest absolute Gasteiger partial charge is 0.469 e. The molecule has 2 aliphatic rings. The second-order valence-corrected chi connectivity index (χ2v) is 8.66. The average Bonchev–Trinajstić information content (AvgIpc) is 3.52. The monoisotopic (exact) mass is 432 g/mol. The zero-order chi connectivity index (χ0) is 21.9. The maximum Gasteiger partial charge on any atom is 0.225 e. The molecule has 2 fully saturated rings. The van der Waals surface area contributed by atoms with Crippen molar-refractivity contribution in [3.05, 3.63) is 42.9 Å². The molecule has 0 atom stereocenters. The molecule has 3 aromatic heterocycles. The van der Waals surface area contributed by atoms with Crippen molar-refractivity contribution in [1.82, 2.24) is 25.3 Å². The minimum absolute atomic E-state index is 0.214. The third-order valence-electron chi connectivity index (χ3n) is 6.58. The molecular formula is C24H28N6O2. The number of carbonyl (C=O) groups is 1. The van der Waals surface area contributed by atoms with Crippen molar-refractivity contribution in [2.75, 3.05) is 18.0 Å². The van der Waals surface area contributed by atoms with Gasteiger partial charge < -0.3 is 14.6 Å². The van der Waals surface area contributed by atoms with Crippen LogP contribution in [0.15, 0.2) is 41.5 Å². The Labute approximate surface area is 187 Å². The first-order chi connectivity index (χ1) is 15.7. The van der Waals surface area contributed by atoms with E-state index in [9.17, 15) is 4.79 Å². The number of piperidine rings is 1. The van der Waals surface area contributed by atoms with Crippen LogP contribution in [0.5, 0.6) is 0 Å². The van der Waals surface area contributed by atoms with Crippen LogP contribution in [0.3, 0.4) is 0 Å². The third kappa shape index (κ3) is 4.22. The number of hydrogen-bond acceptors (Lipinski definition) is 7. The average molecular weight is 433 g/mol. The number of furan rings is 1. The van der Waals surface area contributed by atoms with Gasteiger partial charge in [-0.1, -0.05) is 12.8 Å². The first kappa shape index (κ1) is 20.6. The van der Waals surface area contributed by atoms with E-state index in [-0.39, 0.29) is 17.9 Å². The minimum Gasteiger partial charge on any atom is -0.469 e. The van der Waals surface area contributed by atoms with Crippen molar-refractivity contribution in [1.29, 1.82) is 0 Å². The van der Waals surface area contributed by atoms with Crippen LogP contribution < -0.4 is 10.2 Å². The molecule has 0 bridgehead atoms. The Hall–Kier alpha value is -3.29. The van der Waals surface area contributed by atoms with Gasteiger partial charge in [0.25, 0.3) is 0 Å². The predicted octanol–water partition coefficient (Wildman–Crippen LogP) is 3.78. The number of amides is 1. The van der Waals surface area contributed by atoms with Crippen LogP contribution in [-0.4, -0.2) is 45.0 Å². The lowest BCUT2D eigenvalue weighted by atomic mass is 10.0. The molecule has 0 spiro atoms. The first-order valence-corrected chi connectivity index (χ1v) is 11.4. The Morgan fingerprint density at radius 2 is 1.88 bits per heavy atom. The van der Waals surface area contributed by atoms with Gasteiger partial charge in [0.2, 0.25) is 11.9 Å². The smallest absolute Gasteiger partial charge is 0.225 e. The van der Waals surface area contributed by atoms with Gasteiger partial charge in [0.05, 0.1) is 23.8 Å². The van der Waals surface area contributed by atoms with E-state index in [0.29, 0.717) is 5.95 Å². The summed E-state index contributed by atoms with van der Waals surface area (Å²) in [6.45, 7) is 3.55. The lowest BCUT2D eigenvalue weighted by Gasteiger charge is -2.33. The summed E-state index contributed by atoms with van der Waals surface area (Å²) in [5, 5.41) is 3.27. The van der Waals surface area contributed by atoms with Crippen molar-refractivity contribution in [3.63, 3.8) is 0 Å². The van der Waals surface area contributed by atoms with Crippen LogP contribution in [-0.2, 0) is 4.79 Å². The van der Waals surface area contributed by atoms with E-state index < -0.39 is 0 Å². The van der Waals surface area contributed by atoms with Crippen LogP contribution in [0.1, 0.15) is 44.3 Å². The molecule has 8 heteroatoms. The molecule has 1 amide bonds. The molecule has 1 saturated carbocycles. The lowest BCUT2D eigenvalue weighted by Crippen LogP contribution is -2.46. The summed E-state index contributed by atoms with van der Waals surface area (Å²) in [5.41, 5.74) is 3.26. The molecule has 5 rings (SSSR count). The zero-order valence-corrected chi connectivity index (χ0v) is 18.3. The highest BCUT2D eigenvalue weighted by Gasteiger charge is 2.28. The maximum atomic E-state index is 12.5. The number of aromatic nitrogens is 4. The highest BCUT2D eigenvalue weighted by molar-refractivity contribution is 5.80. The molecule has 0 aromatic carbocycles. The van der Waals surface area contributed by atoms with E-state index in [1.54, 1.807) is 24.9 Å². The molecule has 3 aromatic rings. The first-order valence-electron chi connectivity index (χ1n) is 11.4. The van der Waals surface area contributed by atoms with Crippen molar-refractivity contribution >= 4 is 11.9 Å². The molecule has 4 heterocycles. The molecule has 166 valence electrons. The van der Waals surface area contributed by atoms with E-state index in [1.165, 1.54) is 12.8 Å². The van der Waals surface area contributed by atoms with Crippen molar-refractivity contribution in [2.45, 2.75) is 51.5 Å². The molecule has 1 saturated heterocycles. The SMILES string of the molecule is Cc1occc1-c1nc(N2CCC(NC(=O)C3CCCC3)CC2)ncc1-c1cnccn1. The quantitative estimate of drug-likeness (QED) is 0.655. The van der Waals surface area contributed by atoms with Gasteiger partial charge in [0, 0.05) is 54.8 Å². The Morgan fingerprint density at radius 3 is 2.56 bits per heavy atom. The summed E-state index contributed by atoms with van der Waals surface area (Å²) in [6.07, 6.45) is 14.7. The minimum atomic E-state index is 0.214. The standard InChI is InChI=1S/C24H28N6O2/c1-16-19(8-13-32-16)22-20(21-15-25-9-10-26-21)14-27-24(29-22)30-11-6-18(7-12-30)28-23(31)17-4-2-3-5-17/h8-10,13-15,17-18H,2-7,11-12H2,1H3,(H,28,31). The van der Waals surface area contributed by atoms with Crippen molar-refractivity contribution < 1.29 is 9.21 Å². The van der Waals surface area contributed by atoms with Crippen molar-refractivity contribution in [3.8, 4) is 22.5 Å². The second kappa shape index (κ2) is 9.06. The van der Waals surface area contributed by atoms with E-state index in [4.69, 9.17) is 9.40 Å². The zero-order valence-electron chi connectivity index (χ0n) is 18.3. The fourth-order valence-electron chi connectivity index (χ4n) is 4.72. The van der Waals surface area contributed by atoms with Crippen molar-refractivity contribution in [2.24, 2.45) is 5.92 Å². The Bertz CT molecular complexity index is 1070. The molecule has 1 aliphatic heterocycles. The van der Waals surface area contributed by atoms with Gasteiger partial charge in [-0.15, -0.1) is 0 Å². The summed E-state index contributed by atoms with van der Waals surface area (Å²) in [6, 6.07) is 2.15. The van der Waals surface area contributed by atoms with Gasteiger partial charge in [-0.05, 0) is 38.7 Å². The van der Waals surface area contributed by atoms with E-state index in [1.807, 2.05) is 19.2 Å². The number of nitrogens with one attached hydrogen (secondary N) is 1. The van der Waals surface area contributed by atoms with Crippen LogP contribution in [0.25, 0.3) is 22.5 Å². The van der Waals surface area contributed by atoms with E-state index in [2.05, 4.69) is 25.2 Å². The van der Waals surface area contributed by atoms with E-state index >= 15 is 0 Å². The highest BCUT2D eigenvalue weighted by atomic mass is 16.3. The molecule has 1 aliphatic carbocycles. The molecule has 0 radical (unpaired) electrons. The predicted molar refractivity (Wildman–Crippen MR) is 121 cm³/mol. The van der Waals surface area contributed by atoms with Gasteiger partial charge in [0.1, 0.15) is 5.76 Å². The third-order valence-corrected chi connectivity index (χ3v) is 6.58. The molecule has 1 N–H and O–H groups in total. The number of carbonyl (C=O) groups excluding carboxylic acids is 1. The van der Waals surface area contributed by atoms with Crippen LogP contribution in [0.2, 0.25) is 0 Å².